The Hall–Kier alpha value is -1.12. The van der Waals surface area contributed by atoms with Crippen molar-refractivity contribution >= 4 is 0 Å². The first-order valence-electron chi connectivity index (χ1n) is 4.71. The van der Waals surface area contributed by atoms with Crippen molar-refractivity contribution in [3.05, 3.63) is 11.1 Å². The fourth-order valence-corrected chi connectivity index (χ4v) is 2.03. The van der Waals surface area contributed by atoms with E-state index in [-0.39, 0.29) is 11.8 Å². The van der Waals surface area contributed by atoms with Gasteiger partial charge >= 0.3 is 0 Å². The predicted molar refractivity (Wildman–Crippen MR) is 49.9 cm³/mol. The van der Waals surface area contributed by atoms with E-state index in [2.05, 4.69) is 18.8 Å². The van der Waals surface area contributed by atoms with E-state index >= 15 is 0 Å². The molecule has 1 aromatic heterocycles. The molecule has 2 atom stereocenters. The van der Waals surface area contributed by atoms with E-state index < -0.39 is 0 Å². The van der Waals surface area contributed by atoms with E-state index in [1.807, 2.05) is 0 Å². The quantitative estimate of drug-likeness (QED) is 0.571. The predicted octanol–water partition coefficient (Wildman–Crippen LogP) is 1.80. The second-order valence-electron chi connectivity index (χ2n) is 4.14. The average molecular weight is 181 g/mol. The maximum Gasteiger partial charge on any atom is 0.194 e. The summed E-state index contributed by atoms with van der Waals surface area (Å²) in [6.07, 6.45) is 1.72. The van der Waals surface area contributed by atoms with E-state index in [1.54, 1.807) is 0 Å². The SMILES string of the molecule is CC1Cc2c(O)[nH]c(O)c2CC1C. The second-order valence-corrected chi connectivity index (χ2v) is 4.14. The monoisotopic (exact) mass is 181 g/mol. The van der Waals surface area contributed by atoms with Crippen LogP contribution in [-0.4, -0.2) is 15.2 Å². The summed E-state index contributed by atoms with van der Waals surface area (Å²) in [5.41, 5.74) is 1.81. The Labute approximate surface area is 77.4 Å². The molecule has 2 unspecified atom stereocenters. The maximum absolute atomic E-state index is 9.47. The number of hydrogen-bond acceptors (Lipinski definition) is 2. The van der Waals surface area contributed by atoms with Crippen LogP contribution in [0.5, 0.6) is 11.8 Å². The summed E-state index contributed by atoms with van der Waals surface area (Å²) in [5, 5.41) is 18.9. The maximum atomic E-state index is 9.47. The zero-order chi connectivity index (χ0) is 9.59. The minimum Gasteiger partial charge on any atom is -0.494 e. The summed E-state index contributed by atoms with van der Waals surface area (Å²) in [7, 11) is 0. The van der Waals surface area contributed by atoms with E-state index in [0.29, 0.717) is 11.8 Å². The van der Waals surface area contributed by atoms with Gasteiger partial charge in [-0.2, -0.15) is 0 Å². The molecule has 1 aliphatic carbocycles. The van der Waals surface area contributed by atoms with Crippen molar-refractivity contribution in [2.24, 2.45) is 11.8 Å². The van der Waals surface area contributed by atoms with Gasteiger partial charge in [0.05, 0.1) is 0 Å². The minimum atomic E-state index is 0.145. The van der Waals surface area contributed by atoms with E-state index in [9.17, 15) is 10.2 Å². The van der Waals surface area contributed by atoms with Gasteiger partial charge in [0.25, 0.3) is 0 Å². The molecule has 3 nitrogen and oxygen atoms in total. The summed E-state index contributed by atoms with van der Waals surface area (Å²) in [5.74, 6) is 1.44. The molecule has 1 aliphatic rings. The number of nitrogens with one attached hydrogen (secondary N) is 1. The van der Waals surface area contributed by atoms with Crippen LogP contribution in [0.15, 0.2) is 0 Å². The van der Waals surface area contributed by atoms with E-state index in [4.69, 9.17) is 0 Å². The first-order chi connectivity index (χ1) is 6.09. The number of H-pyrrole nitrogens is 1. The molecule has 0 amide bonds. The van der Waals surface area contributed by atoms with Gasteiger partial charge in [-0.15, -0.1) is 0 Å². The molecule has 0 aliphatic heterocycles. The van der Waals surface area contributed by atoms with Crippen molar-refractivity contribution in [1.82, 2.24) is 4.98 Å². The van der Waals surface area contributed by atoms with Gasteiger partial charge in [-0.3, -0.25) is 4.98 Å². The molecule has 1 heterocycles. The largest absolute Gasteiger partial charge is 0.494 e. The Morgan fingerprint density at radius 1 is 1.00 bits per heavy atom. The van der Waals surface area contributed by atoms with Gasteiger partial charge in [0.15, 0.2) is 11.8 Å². The van der Waals surface area contributed by atoms with Crippen LogP contribution in [0, 0.1) is 11.8 Å². The molecule has 0 bridgehead atoms. The zero-order valence-corrected chi connectivity index (χ0v) is 7.96. The first-order valence-corrected chi connectivity index (χ1v) is 4.71. The van der Waals surface area contributed by atoms with Crippen LogP contribution in [0.25, 0.3) is 0 Å². The molecule has 0 radical (unpaired) electrons. The number of aromatic nitrogens is 1. The number of rotatable bonds is 0. The summed E-state index contributed by atoms with van der Waals surface area (Å²) in [4.78, 5) is 2.57. The van der Waals surface area contributed by atoms with Gasteiger partial charge < -0.3 is 10.2 Å². The highest BCUT2D eigenvalue weighted by atomic mass is 16.3. The van der Waals surface area contributed by atoms with Crippen molar-refractivity contribution in [3.63, 3.8) is 0 Å². The fraction of sp³-hybridized carbons (Fsp3) is 0.600. The van der Waals surface area contributed by atoms with Crippen molar-refractivity contribution in [1.29, 1.82) is 0 Å². The van der Waals surface area contributed by atoms with Crippen molar-refractivity contribution in [2.75, 3.05) is 0 Å². The highest BCUT2D eigenvalue weighted by molar-refractivity contribution is 5.45. The Bertz CT molecular complexity index is 299. The molecular weight excluding hydrogens is 166 g/mol. The highest BCUT2D eigenvalue weighted by Gasteiger charge is 2.28. The lowest BCUT2D eigenvalue weighted by Gasteiger charge is -2.25. The molecule has 3 heteroatoms. The molecule has 0 aromatic carbocycles. The number of aromatic amines is 1. The van der Waals surface area contributed by atoms with Crippen LogP contribution < -0.4 is 0 Å². The third kappa shape index (κ3) is 1.19. The summed E-state index contributed by atoms with van der Waals surface area (Å²) < 4.78 is 0. The van der Waals surface area contributed by atoms with Gasteiger partial charge in [-0.25, -0.2) is 0 Å². The molecular formula is C10H15NO2. The van der Waals surface area contributed by atoms with E-state index in [1.165, 1.54) is 0 Å². The van der Waals surface area contributed by atoms with Crippen molar-refractivity contribution < 1.29 is 10.2 Å². The second kappa shape index (κ2) is 2.69. The lowest BCUT2D eigenvalue weighted by molar-refractivity contribution is 0.348. The van der Waals surface area contributed by atoms with Crippen LogP contribution >= 0.6 is 0 Å². The Morgan fingerprint density at radius 3 is 1.77 bits per heavy atom. The Kier molecular flexibility index (Phi) is 1.75. The molecule has 2 rings (SSSR count). The van der Waals surface area contributed by atoms with Crippen LogP contribution in [0.1, 0.15) is 25.0 Å². The zero-order valence-electron chi connectivity index (χ0n) is 7.96. The van der Waals surface area contributed by atoms with Crippen LogP contribution in [0.2, 0.25) is 0 Å². The standard InChI is InChI=1S/C10H15NO2/c1-5-3-7-8(4-6(5)2)10(13)11-9(7)12/h5-6,11-13H,3-4H2,1-2H3. The summed E-state index contributed by atoms with van der Waals surface area (Å²) in [6.45, 7) is 4.36. The molecule has 13 heavy (non-hydrogen) atoms. The first kappa shape index (κ1) is 8.48. The van der Waals surface area contributed by atoms with Crippen molar-refractivity contribution in [3.8, 4) is 11.8 Å². The summed E-state index contributed by atoms with van der Waals surface area (Å²) >= 11 is 0. The lowest BCUT2D eigenvalue weighted by atomic mass is 9.79. The van der Waals surface area contributed by atoms with Crippen LogP contribution in [-0.2, 0) is 12.8 Å². The highest BCUT2D eigenvalue weighted by Crippen LogP contribution is 2.39. The Balaban J connectivity index is 2.44. The van der Waals surface area contributed by atoms with Gasteiger partial charge in [0, 0.05) is 11.1 Å². The molecule has 0 saturated heterocycles. The smallest absolute Gasteiger partial charge is 0.194 e. The number of hydrogen-bond donors (Lipinski definition) is 3. The van der Waals surface area contributed by atoms with Gasteiger partial charge in [-0.05, 0) is 24.7 Å². The molecule has 1 aromatic rings. The average Bonchev–Trinajstić information content (AvgIpc) is 2.31. The summed E-state index contributed by atoms with van der Waals surface area (Å²) in [6, 6.07) is 0. The van der Waals surface area contributed by atoms with Crippen LogP contribution in [0.3, 0.4) is 0 Å². The third-order valence-electron chi connectivity index (χ3n) is 3.20. The van der Waals surface area contributed by atoms with Crippen LogP contribution in [0.4, 0.5) is 0 Å². The molecule has 0 spiro atoms. The van der Waals surface area contributed by atoms with Gasteiger partial charge in [0.1, 0.15) is 0 Å². The molecule has 3 N–H and O–H groups in total. The molecule has 72 valence electrons. The Morgan fingerprint density at radius 2 is 1.38 bits per heavy atom. The molecule has 0 saturated carbocycles. The number of aromatic hydroxyl groups is 2. The van der Waals surface area contributed by atoms with E-state index in [0.717, 1.165) is 24.0 Å². The van der Waals surface area contributed by atoms with Gasteiger partial charge in [0.2, 0.25) is 0 Å². The van der Waals surface area contributed by atoms with Gasteiger partial charge in [-0.1, -0.05) is 13.8 Å². The fourth-order valence-electron chi connectivity index (χ4n) is 2.03. The third-order valence-corrected chi connectivity index (χ3v) is 3.20. The normalized spacial score (nSPS) is 27.2. The lowest BCUT2D eigenvalue weighted by Crippen LogP contribution is -2.19. The number of fused-ring (bicyclic) bond motifs is 1. The minimum absolute atomic E-state index is 0.145. The van der Waals surface area contributed by atoms with Crippen molar-refractivity contribution in [2.45, 2.75) is 26.7 Å². The topological polar surface area (TPSA) is 56.2 Å². The molecule has 0 fully saturated rings.